The van der Waals surface area contributed by atoms with Crippen LogP contribution in [0.4, 0.5) is 0 Å². The number of aliphatic hydroxyl groups excluding tert-OH is 2. The van der Waals surface area contributed by atoms with E-state index in [1.54, 1.807) is 6.07 Å². The van der Waals surface area contributed by atoms with Crippen LogP contribution in [0.1, 0.15) is 86.2 Å². The molecule has 2 aromatic heterocycles. The Morgan fingerprint density at radius 2 is 1.39 bits per heavy atom. The van der Waals surface area contributed by atoms with Crippen LogP contribution in [-0.4, -0.2) is 117 Å². The molecule has 0 unspecified atom stereocenters. The van der Waals surface area contributed by atoms with Crippen molar-refractivity contribution in [3.8, 4) is 11.5 Å². The smallest absolute Gasteiger partial charge is 0.352 e. The fourth-order valence-electron chi connectivity index (χ4n) is 8.13. The summed E-state index contributed by atoms with van der Waals surface area (Å²) in [5, 5.41) is 34.2. The number of ether oxygens (including phenoxy) is 2. The fourth-order valence-corrected chi connectivity index (χ4v) is 8.13. The highest BCUT2D eigenvalue weighted by molar-refractivity contribution is 6.00. The van der Waals surface area contributed by atoms with Gasteiger partial charge in [0.15, 0.2) is 0 Å². The largest absolute Gasteiger partial charge is 0.493 e. The number of aliphatic hydroxyl groups is 2. The molecule has 8 rings (SSSR count). The summed E-state index contributed by atoms with van der Waals surface area (Å²) in [5.74, 6) is 2.02. The van der Waals surface area contributed by atoms with Crippen LogP contribution in [0.15, 0.2) is 48.5 Å². The first-order valence-corrected chi connectivity index (χ1v) is 20.0. The van der Waals surface area contributed by atoms with Crippen LogP contribution in [0.3, 0.4) is 0 Å². The number of amides is 1. The number of fused-ring (bicyclic) bond motifs is 2. The lowest BCUT2D eigenvalue weighted by Crippen LogP contribution is -2.56. The van der Waals surface area contributed by atoms with E-state index in [1.165, 1.54) is 38.5 Å². The fraction of sp³-hybridized carbons (Fsp3) is 0.571. The van der Waals surface area contributed by atoms with E-state index >= 15 is 0 Å². The van der Waals surface area contributed by atoms with Crippen molar-refractivity contribution in [3.05, 3.63) is 59.9 Å². The van der Waals surface area contributed by atoms with Gasteiger partial charge in [-0.1, -0.05) is 31.9 Å². The van der Waals surface area contributed by atoms with Gasteiger partial charge in [-0.3, -0.25) is 9.69 Å². The number of nitrogens with one attached hydrogen (secondary N) is 3. The van der Waals surface area contributed by atoms with Crippen molar-refractivity contribution in [2.24, 2.45) is 17.8 Å². The van der Waals surface area contributed by atoms with E-state index in [0.29, 0.717) is 30.1 Å². The Kier molecular flexibility index (Phi) is 12.1. The van der Waals surface area contributed by atoms with Gasteiger partial charge in [-0.05, 0) is 99.6 Å². The Morgan fingerprint density at radius 1 is 0.833 bits per heavy atom. The van der Waals surface area contributed by atoms with E-state index in [-0.39, 0.29) is 23.6 Å². The van der Waals surface area contributed by atoms with Gasteiger partial charge in [0.1, 0.15) is 22.9 Å². The topological polar surface area (TPSA) is 163 Å². The molecular formula is C42H57N5O7. The highest BCUT2D eigenvalue weighted by atomic mass is 16.5. The molecule has 12 heteroatoms. The molecule has 0 spiro atoms. The molecule has 4 heterocycles. The first kappa shape index (κ1) is 38.2. The second-order valence-electron chi connectivity index (χ2n) is 16.2. The Morgan fingerprint density at radius 3 is 1.91 bits per heavy atom. The van der Waals surface area contributed by atoms with Gasteiger partial charge >= 0.3 is 5.97 Å². The summed E-state index contributed by atoms with van der Waals surface area (Å²) in [6.07, 6.45) is 8.12. The van der Waals surface area contributed by atoms with Gasteiger partial charge < -0.3 is 45.0 Å². The van der Waals surface area contributed by atoms with E-state index in [1.807, 2.05) is 49.4 Å². The van der Waals surface area contributed by atoms with Crippen molar-refractivity contribution in [1.29, 1.82) is 0 Å². The third-order valence-electron chi connectivity index (χ3n) is 12.1. The first-order chi connectivity index (χ1) is 26.1. The number of piperidine rings is 2. The molecule has 4 atom stereocenters. The summed E-state index contributed by atoms with van der Waals surface area (Å²) in [5.41, 5.74) is 2.52. The number of carbonyl (C=O) groups is 2. The summed E-state index contributed by atoms with van der Waals surface area (Å²) in [7, 11) is 0. The summed E-state index contributed by atoms with van der Waals surface area (Å²) in [6.45, 7) is 9.82. The molecule has 2 aliphatic heterocycles. The van der Waals surface area contributed by atoms with Gasteiger partial charge in [-0.2, -0.15) is 0 Å². The number of aromatic amines is 2. The van der Waals surface area contributed by atoms with Gasteiger partial charge in [0, 0.05) is 66.6 Å². The van der Waals surface area contributed by atoms with Crippen molar-refractivity contribution >= 4 is 33.7 Å². The molecular weight excluding hydrogens is 686 g/mol. The zero-order valence-corrected chi connectivity index (χ0v) is 31.6. The summed E-state index contributed by atoms with van der Waals surface area (Å²) >= 11 is 0. The lowest BCUT2D eigenvalue weighted by atomic mass is 9.86. The number of carbonyl (C=O) groups excluding carboxylic acids is 1. The lowest BCUT2D eigenvalue weighted by molar-refractivity contribution is -0.0799. The number of carboxylic acids is 1. The number of benzene rings is 2. The molecule has 54 heavy (non-hydrogen) atoms. The van der Waals surface area contributed by atoms with E-state index in [9.17, 15) is 19.8 Å². The maximum Gasteiger partial charge on any atom is 0.352 e. The van der Waals surface area contributed by atoms with Gasteiger partial charge in [-0.15, -0.1) is 0 Å². The monoisotopic (exact) mass is 743 g/mol. The number of nitrogens with zero attached hydrogens (tertiary/aromatic N) is 2. The number of hydrogen-bond acceptors (Lipinski definition) is 8. The molecule has 2 saturated heterocycles. The van der Waals surface area contributed by atoms with Crippen LogP contribution in [0, 0.1) is 17.8 Å². The number of aromatic carboxylic acids is 1. The Balaban J connectivity index is 0.000000208. The van der Waals surface area contributed by atoms with Crippen LogP contribution in [0.5, 0.6) is 11.5 Å². The van der Waals surface area contributed by atoms with Crippen LogP contribution in [-0.2, 0) is 0 Å². The summed E-state index contributed by atoms with van der Waals surface area (Å²) < 4.78 is 11.9. The van der Waals surface area contributed by atoms with Crippen LogP contribution in [0.2, 0.25) is 0 Å². The maximum atomic E-state index is 13.0. The van der Waals surface area contributed by atoms with Crippen molar-refractivity contribution in [1.82, 2.24) is 25.1 Å². The molecule has 12 nitrogen and oxygen atoms in total. The number of likely N-dealkylation sites (tertiary alicyclic amines) is 2. The Hall–Kier alpha value is -4.10. The molecule has 292 valence electrons. The predicted octanol–water partition coefficient (Wildman–Crippen LogP) is 5.65. The molecule has 2 aliphatic carbocycles. The second-order valence-corrected chi connectivity index (χ2v) is 16.2. The van der Waals surface area contributed by atoms with Crippen molar-refractivity contribution in [2.75, 3.05) is 45.9 Å². The third kappa shape index (κ3) is 9.05. The summed E-state index contributed by atoms with van der Waals surface area (Å²) in [6, 6.07) is 15.6. The molecule has 4 fully saturated rings. The van der Waals surface area contributed by atoms with Crippen molar-refractivity contribution in [3.63, 3.8) is 0 Å². The minimum Gasteiger partial charge on any atom is -0.493 e. The number of rotatable bonds is 12. The lowest BCUT2D eigenvalue weighted by Gasteiger charge is -2.43. The van der Waals surface area contributed by atoms with E-state index in [0.717, 1.165) is 85.5 Å². The van der Waals surface area contributed by atoms with E-state index in [2.05, 4.69) is 32.0 Å². The van der Waals surface area contributed by atoms with E-state index in [4.69, 9.17) is 14.6 Å². The quantitative estimate of drug-likeness (QED) is 0.108. The molecule has 6 N–H and O–H groups in total. The van der Waals surface area contributed by atoms with Crippen molar-refractivity contribution in [2.45, 2.75) is 89.5 Å². The zero-order chi connectivity index (χ0) is 37.8. The molecule has 4 aliphatic rings. The number of β-amino-alcohol motifs (C(OH)–C–C–N with tert-alkyl or cyclic N) is 1. The predicted molar refractivity (Wildman–Crippen MR) is 208 cm³/mol. The highest BCUT2D eigenvalue weighted by Gasteiger charge is 2.34. The molecule has 0 radical (unpaired) electrons. The highest BCUT2D eigenvalue weighted by Crippen LogP contribution is 2.32. The first-order valence-electron chi connectivity index (χ1n) is 20.0. The zero-order valence-electron chi connectivity index (χ0n) is 31.6. The molecule has 0 bridgehead atoms. The van der Waals surface area contributed by atoms with Gasteiger partial charge in [-0.25, -0.2) is 4.79 Å². The normalized spacial score (nSPS) is 23.6. The SMILES string of the molecule is C[C@H]1CN([C@@H](C)CN2CCC(NC(=O)c3cc4c(OCC5CCC5)cccc4[nH]3)CC2)C[C@H](O)[C@@H]1O.O=C(O)c1cc2c(OCC3CCC3)cccc2[nH]1. The molecule has 1 amide bonds. The summed E-state index contributed by atoms with van der Waals surface area (Å²) in [4.78, 5) is 34.8. The minimum absolute atomic E-state index is 0.0576. The van der Waals surface area contributed by atoms with Crippen LogP contribution >= 0.6 is 0 Å². The Labute approximate surface area is 317 Å². The number of aromatic nitrogens is 2. The molecule has 4 aromatic rings. The average molecular weight is 744 g/mol. The van der Waals surface area contributed by atoms with Gasteiger partial charge in [0.2, 0.25) is 0 Å². The minimum atomic E-state index is -0.948. The third-order valence-corrected chi connectivity index (χ3v) is 12.1. The van der Waals surface area contributed by atoms with Crippen molar-refractivity contribution < 1.29 is 34.4 Å². The van der Waals surface area contributed by atoms with Gasteiger partial charge in [0.25, 0.3) is 5.91 Å². The number of hydrogen-bond donors (Lipinski definition) is 6. The molecule has 2 saturated carbocycles. The Bertz CT molecular complexity index is 1860. The number of carboxylic acid groups (broad SMARTS) is 1. The van der Waals surface area contributed by atoms with Gasteiger partial charge in [0.05, 0.1) is 25.4 Å². The second kappa shape index (κ2) is 17.1. The maximum absolute atomic E-state index is 13.0. The van der Waals surface area contributed by atoms with Crippen LogP contribution < -0.4 is 14.8 Å². The number of H-pyrrole nitrogens is 2. The molecule has 2 aromatic carbocycles. The van der Waals surface area contributed by atoms with E-state index < -0.39 is 18.2 Å². The van der Waals surface area contributed by atoms with Crippen LogP contribution in [0.25, 0.3) is 21.8 Å². The standard InChI is InChI=1S/C28H42N4O4.C14H15NO3/c1-18-14-32(16-25(33)27(18)34)19(2)15-31-11-9-21(10-12-31)29-28(35)24-13-22-23(30-24)7-4-8-26(22)36-17-20-5-3-6-20;16-14(17)12-7-10-11(15-12)5-2-6-13(10)18-8-9-3-1-4-9/h4,7-8,13,18-21,25,27,30,33-34H,3,5-6,9-12,14-17H2,1-2H3,(H,29,35);2,5-7,9,15H,1,3-4,8H2,(H,16,17)/t18-,19-,25-,27+;/m0./s1. The average Bonchev–Trinajstić information content (AvgIpc) is 3.77.